The van der Waals surface area contributed by atoms with Crippen LogP contribution in [0.15, 0.2) is 11.5 Å². The zero-order valence-electron chi connectivity index (χ0n) is 6.34. The standard InChI is InChI=1S/C6H8O6.ClH/c7-1-2(8)5-3(9)4(10)6(11)12-5;/h2,5,7-10H,1H2;1H/p-1/t2-,5+;/m0./s1. The van der Waals surface area contributed by atoms with E-state index in [1.165, 1.54) is 0 Å². The molecule has 6 nitrogen and oxygen atoms in total. The molecule has 1 heterocycles. The van der Waals surface area contributed by atoms with E-state index in [2.05, 4.69) is 4.74 Å². The molecule has 0 unspecified atom stereocenters. The van der Waals surface area contributed by atoms with Crippen LogP contribution < -0.4 is 5.11 Å². The van der Waals surface area contributed by atoms with E-state index < -0.39 is 36.3 Å². The predicted molar refractivity (Wildman–Crippen MR) is 39.9 cm³/mol. The van der Waals surface area contributed by atoms with E-state index in [0.29, 0.717) is 0 Å². The third-order valence-electron chi connectivity index (χ3n) is 1.46. The molecule has 13 heavy (non-hydrogen) atoms. The minimum absolute atomic E-state index is 0. The number of rotatable bonds is 2. The van der Waals surface area contributed by atoms with Gasteiger partial charge in [0.15, 0.2) is 6.10 Å². The van der Waals surface area contributed by atoms with Crippen LogP contribution in [0.4, 0.5) is 0 Å². The van der Waals surface area contributed by atoms with E-state index in [0.717, 1.165) is 0 Å². The molecule has 3 N–H and O–H groups in total. The lowest BCUT2D eigenvalue weighted by atomic mass is 10.2. The highest BCUT2D eigenvalue weighted by molar-refractivity contribution is 5.88. The molecule has 0 saturated carbocycles. The zero-order chi connectivity index (χ0) is 9.30. The minimum Gasteiger partial charge on any atom is -0.865 e. The molecule has 1 aliphatic heterocycles. The van der Waals surface area contributed by atoms with Gasteiger partial charge in [0, 0.05) is 5.76 Å². The molecule has 0 aromatic heterocycles. The summed E-state index contributed by atoms with van der Waals surface area (Å²) in [5.74, 6) is -3.25. The van der Waals surface area contributed by atoms with Crippen molar-refractivity contribution < 1.29 is 30.0 Å². The Kier molecular flexibility index (Phi) is 3.99. The Balaban J connectivity index is 0.00000144. The zero-order valence-corrected chi connectivity index (χ0v) is 7.15. The number of carbonyl (C=O) groups is 1. The highest BCUT2D eigenvalue weighted by Crippen LogP contribution is 2.19. The van der Waals surface area contributed by atoms with Crippen LogP contribution in [0.25, 0.3) is 0 Å². The number of ether oxygens (including phenoxy) is 1. The van der Waals surface area contributed by atoms with Gasteiger partial charge in [-0.2, -0.15) is 0 Å². The Hall–Kier alpha value is -0.980. The summed E-state index contributed by atoms with van der Waals surface area (Å²) in [7, 11) is 0. The predicted octanol–water partition coefficient (Wildman–Crippen LogP) is -2.18. The number of halogens is 1. The summed E-state index contributed by atoms with van der Waals surface area (Å²) in [5.41, 5.74) is 0. The summed E-state index contributed by atoms with van der Waals surface area (Å²) >= 11 is 0. The molecule has 7 heteroatoms. The number of hydrogen-bond donors (Lipinski definition) is 3. The van der Waals surface area contributed by atoms with Crippen LogP contribution >= 0.6 is 12.4 Å². The number of carbonyl (C=O) groups excluding carboxylic acids is 1. The average molecular weight is 212 g/mol. The van der Waals surface area contributed by atoms with Crippen LogP contribution in [0, 0.1) is 0 Å². The van der Waals surface area contributed by atoms with Crippen molar-refractivity contribution in [3.05, 3.63) is 11.5 Å². The van der Waals surface area contributed by atoms with Gasteiger partial charge < -0.3 is 25.2 Å². The van der Waals surface area contributed by atoms with E-state index in [9.17, 15) is 9.90 Å². The highest BCUT2D eigenvalue weighted by atomic mass is 35.5. The maximum Gasteiger partial charge on any atom is 0.327 e. The molecule has 2 atom stereocenters. The Morgan fingerprint density at radius 1 is 1.62 bits per heavy atom. The van der Waals surface area contributed by atoms with Crippen LogP contribution in [0.2, 0.25) is 0 Å². The van der Waals surface area contributed by atoms with Crippen LogP contribution in [0.1, 0.15) is 0 Å². The van der Waals surface area contributed by atoms with Gasteiger partial charge in [-0.15, -0.1) is 12.4 Å². The van der Waals surface area contributed by atoms with E-state index in [1.54, 1.807) is 0 Å². The van der Waals surface area contributed by atoms with Crippen LogP contribution in [-0.4, -0.2) is 40.1 Å². The van der Waals surface area contributed by atoms with Gasteiger partial charge in [0.1, 0.15) is 11.9 Å². The first-order valence-corrected chi connectivity index (χ1v) is 3.18. The summed E-state index contributed by atoms with van der Waals surface area (Å²) in [6, 6.07) is 0. The first kappa shape index (κ1) is 12.0. The summed E-state index contributed by atoms with van der Waals surface area (Å²) < 4.78 is 4.25. The third-order valence-corrected chi connectivity index (χ3v) is 1.46. The molecule has 0 saturated heterocycles. The van der Waals surface area contributed by atoms with Gasteiger partial charge in [-0.25, -0.2) is 4.79 Å². The number of hydrogen-bond acceptors (Lipinski definition) is 6. The van der Waals surface area contributed by atoms with E-state index in [4.69, 9.17) is 15.3 Å². The summed E-state index contributed by atoms with van der Waals surface area (Å²) in [5, 5.41) is 36.8. The molecular weight excluding hydrogens is 204 g/mol. The molecule has 0 aliphatic carbocycles. The number of cyclic esters (lactones) is 1. The average Bonchev–Trinajstić information content (AvgIpc) is 2.32. The van der Waals surface area contributed by atoms with Gasteiger partial charge in [-0.3, -0.25) is 0 Å². The lowest BCUT2D eigenvalue weighted by Crippen LogP contribution is -2.31. The maximum atomic E-state index is 10.6. The molecule has 0 radical (unpaired) electrons. The topological polar surface area (TPSA) is 110 Å². The molecule has 0 aromatic rings. The van der Waals surface area contributed by atoms with Crippen LogP contribution in [-0.2, 0) is 9.53 Å². The highest BCUT2D eigenvalue weighted by Gasteiger charge is 2.34. The molecule has 0 fully saturated rings. The second kappa shape index (κ2) is 4.31. The van der Waals surface area contributed by atoms with Crippen molar-refractivity contribution >= 4 is 18.4 Å². The van der Waals surface area contributed by atoms with E-state index >= 15 is 0 Å². The molecule has 0 bridgehead atoms. The van der Waals surface area contributed by atoms with Gasteiger partial charge in [-0.1, -0.05) is 0 Å². The second-order valence-electron chi connectivity index (χ2n) is 2.29. The Morgan fingerprint density at radius 2 is 2.15 bits per heavy atom. The number of aliphatic hydroxyl groups is 3. The van der Waals surface area contributed by atoms with Gasteiger partial charge >= 0.3 is 5.97 Å². The van der Waals surface area contributed by atoms with Crippen LogP contribution in [0.3, 0.4) is 0 Å². The van der Waals surface area contributed by atoms with Crippen molar-refractivity contribution in [3.63, 3.8) is 0 Å². The van der Waals surface area contributed by atoms with Crippen LogP contribution in [0.5, 0.6) is 0 Å². The first-order valence-electron chi connectivity index (χ1n) is 3.18. The molecule has 0 amide bonds. The minimum atomic E-state index is -1.46. The summed E-state index contributed by atoms with van der Waals surface area (Å²) in [6.45, 7) is -0.699. The third kappa shape index (κ3) is 2.03. The number of aliphatic hydroxyl groups excluding tert-OH is 3. The molecule has 76 valence electrons. The monoisotopic (exact) mass is 211 g/mol. The van der Waals surface area contributed by atoms with Gasteiger partial charge in [0.25, 0.3) is 0 Å². The smallest absolute Gasteiger partial charge is 0.327 e. The normalized spacial score (nSPS) is 23.8. The Morgan fingerprint density at radius 3 is 2.46 bits per heavy atom. The molecule has 1 aliphatic rings. The van der Waals surface area contributed by atoms with E-state index in [1.807, 2.05) is 0 Å². The number of esters is 1. The molecule has 1 rings (SSSR count). The van der Waals surface area contributed by atoms with Gasteiger partial charge in [0.05, 0.1) is 6.61 Å². The fraction of sp³-hybridized carbons (Fsp3) is 0.500. The fourth-order valence-electron chi connectivity index (χ4n) is 0.815. The first-order chi connectivity index (χ1) is 5.57. The van der Waals surface area contributed by atoms with Crippen molar-refractivity contribution in [1.29, 1.82) is 0 Å². The van der Waals surface area contributed by atoms with Crippen molar-refractivity contribution in [2.75, 3.05) is 6.61 Å². The SMILES string of the molecule is Cl.O=C1O[C@H]([C@@H](O)CO)C(O)=C1[O-]. The fourth-order valence-corrected chi connectivity index (χ4v) is 0.815. The van der Waals surface area contributed by atoms with Crippen molar-refractivity contribution in [1.82, 2.24) is 0 Å². The Labute approximate surface area is 79.5 Å². The lowest BCUT2D eigenvalue weighted by Gasteiger charge is -2.14. The molecular formula is C6H8ClO6-. The molecule has 0 aromatic carbocycles. The summed E-state index contributed by atoms with van der Waals surface area (Å²) in [4.78, 5) is 10.5. The quantitative estimate of drug-likeness (QED) is 0.448. The maximum absolute atomic E-state index is 10.6. The Bertz CT molecular complexity index is 237. The largest absolute Gasteiger partial charge is 0.865 e. The lowest BCUT2D eigenvalue weighted by molar-refractivity contribution is -0.303. The molecule has 0 spiro atoms. The van der Waals surface area contributed by atoms with Crippen molar-refractivity contribution in [3.8, 4) is 0 Å². The van der Waals surface area contributed by atoms with Crippen molar-refractivity contribution in [2.45, 2.75) is 12.2 Å². The summed E-state index contributed by atoms with van der Waals surface area (Å²) in [6.07, 6.45) is -2.88. The van der Waals surface area contributed by atoms with E-state index in [-0.39, 0.29) is 12.4 Å². The second-order valence-corrected chi connectivity index (χ2v) is 2.29. The van der Waals surface area contributed by atoms with Crippen molar-refractivity contribution in [2.24, 2.45) is 0 Å². The van der Waals surface area contributed by atoms with Gasteiger partial charge in [-0.05, 0) is 0 Å². The van der Waals surface area contributed by atoms with Gasteiger partial charge in [0.2, 0.25) is 0 Å².